The van der Waals surface area contributed by atoms with E-state index in [2.05, 4.69) is 18.7 Å². The Morgan fingerprint density at radius 2 is 1.92 bits per heavy atom. The third kappa shape index (κ3) is 1.37. The van der Waals surface area contributed by atoms with Gasteiger partial charge < -0.3 is 0 Å². The molecule has 12 heavy (non-hydrogen) atoms. The van der Waals surface area contributed by atoms with Crippen molar-refractivity contribution in [2.75, 3.05) is 19.6 Å². The number of piperidine rings is 1. The number of rotatable bonds is 2. The van der Waals surface area contributed by atoms with Crippen LogP contribution in [0.3, 0.4) is 0 Å². The van der Waals surface area contributed by atoms with Gasteiger partial charge in [0.05, 0.1) is 0 Å². The highest BCUT2D eigenvalue weighted by Gasteiger charge is 2.42. The lowest BCUT2D eigenvalue weighted by Gasteiger charge is -2.54. The number of nitrogens with zero attached hydrogens (tertiary/aromatic N) is 2. The van der Waals surface area contributed by atoms with Crippen molar-refractivity contribution < 1.29 is 0 Å². The number of hydrogen-bond acceptors (Lipinski definition) is 3. The van der Waals surface area contributed by atoms with E-state index in [-0.39, 0.29) is 0 Å². The molecule has 0 aromatic heterocycles. The van der Waals surface area contributed by atoms with Gasteiger partial charge in [0.2, 0.25) is 0 Å². The van der Waals surface area contributed by atoms with Crippen LogP contribution in [-0.4, -0.2) is 41.6 Å². The van der Waals surface area contributed by atoms with Gasteiger partial charge in [-0.25, -0.2) is 5.01 Å². The Morgan fingerprint density at radius 1 is 1.33 bits per heavy atom. The summed E-state index contributed by atoms with van der Waals surface area (Å²) >= 11 is 0. The van der Waals surface area contributed by atoms with Gasteiger partial charge in [0.15, 0.2) is 0 Å². The average Bonchev–Trinajstić information content (AvgIpc) is 2.02. The summed E-state index contributed by atoms with van der Waals surface area (Å²) in [5, 5.41) is 2.04. The number of hydrazine groups is 1. The summed E-state index contributed by atoms with van der Waals surface area (Å²) in [5.74, 6) is 6.61. The molecule has 3 nitrogen and oxygen atoms in total. The predicted molar refractivity (Wildman–Crippen MR) is 49.5 cm³/mol. The third-order valence-corrected chi connectivity index (χ3v) is 2.95. The molecule has 3 aliphatic heterocycles. The maximum absolute atomic E-state index is 5.83. The fourth-order valence-corrected chi connectivity index (χ4v) is 2.39. The Morgan fingerprint density at radius 3 is 2.33 bits per heavy atom. The highest BCUT2D eigenvalue weighted by molar-refractivity contribution is 4.97. The lowest BCUT2D eigenvalue weighted by Crippen LogP contribution is -2.71. The van der Waals surface area contributed by atoms with Crippen LogP contribution in [0.25, 0.3) is 0 Å². The van der Waals surface area contributed by atoms with Crippen molar-refractivity contribution in [3.05, 3.63) is 0 Å². The molecule has 0 saturated carbocycles. The maximum atomic E-state index is 5.83. The van der Waals surface area contributed by atoms with Crippen LogP contribution >= 0.6 is 0 Å². The molecular formula is C9H19N3. The summed E-state index contributed by atoms with van der Waals surface area (Å²) in [6.45, 7) is 8.16. The molecule has 0 amide bonds. The second-order valence-electron chi connectivity index (χ2n) is 4.60. The molecule has 3 aliphatic rings. The van der Waals surface area contributed by atoms with E-state index in [0.29, 0.717) is 12.1 Å². The zero-order chi connectivity index (χ0) is 8.72. The predicted octanol–water partition coefficient (Wildman–Crippen LogP) is 0.275. The first-order chi connectivity index (χ1) is 5.66. The highest BCUT2D eigenvalue weighted by Crippen LogP contribution is 2.28. The van der Waals surface area contributed by atoms with E-state index in [1.807, 2.05) is 5.01 Å². The minimum absolute atomic E-state index is 0.655. The fraction of sp³-hybridized carbons (Fsp3) is 1.00. The molecule has 0 radical (unpaired) electrons. The second kappa shape index (κ2) is 2.98. The summed E-state index contributed by atoms with van der Waals surface area (Å²) in [4.78, 5) is 2.55. The van der Waals surface area contributed by atoms with Gasteiger partial charge in [-0.3, -0.25) is 10.7 Å². The molecule has 0 aromatic rings. The van der Waals surface area contributed by atoms with Crippen LogP contribution in [-0.2, 0) is 0 Å². The Labute approximate surface area is 74.5 Å². The fourth-order valence-electron chi connectivity index (χ4n) is 2.39. The zero-order valence-corrected chi connectivity index (χ0v) is 8.03. The van der Waals surface area contributed by atoms with E-state index >= 15 is 0 Å². The van der Waals surface area contributed by atoms with Crippen molar-refractivity contribution in [1.82, 2.24) is 9.91 Å². The molecule has 3 saturated heterocycles. The topological polar surface area (TPSA) is 32.5 Å². The van der Waals surface area contributed by atoms with E-state index in [0.717, 1.165) is 5.92 Å². The molecule has 3 rings (SSSR count). The van der Waals surface area contributed by atoms with Gasteiger partial charge in [-0.1, -0.05) is 13.8 Å². The van der Waals surface area contributed by atoms with E-state index in [1.165, 1.54) is 26.1 Å². The van der Waals surface area contributed by atoms with Crippen LogP contribution in [0.1, 0.15) is 20.3 Å². The number of hydrogen-bond donors (Lipinski definition) is 1. The minimum Gasteiger partial charge on any atom is -0.300 e. The lowest BCUT2D eigenvalue weighted by molar-refractivity contribution is -0.0727. The van der Waals surface area contributed by atoms with Crippen molar-refractivity contribution in [2.24, 2.45) is 11.8 Å². The molecule has 0 aliphatic carbocycles. The summed E-state index contributed by atoms with van der Waals surface area (Å²) in [5.41, 5.74) is 0. The van der Waals surface area contributed by atoms with Crippen LogP contribution in [0, 0.1) is 5.92 Å². The molecule has 3 heterocycles. The summed E-state index contributed by atoms with van der Waals surface area (Å²) in [6.07, 6.45) is 1.32. The summed E-state index contributed by atoms with van der Waals surface area (Å²) in [7, 11) is 0. The number of fused-ring (bicyclic) bond motifs is 2. The van der Waals surface area contributed by atoms with Gasteiger partial charge in [-0.15, -0.1) is 0 Å². The first-order valence-electron chi connectivity index (χ1n) is 4.92. The summed E-state index contributed by atoms with van der Waals surface area (Å²) < 4.78 is 0. The van der Waals surface area contributed by atoms with Crippen LogP contribution in [0.15, 0.2) is 0 Å². The quantitative estimate of drug-likeness (QED) is 0.602. The zero-order valence-electron chi connectivity index (χ0n) is 8.03. The Balaban J connectivity index is 1.83. The molecule has 2 unspecified atom stereocenters. The first kappa shape index (κ1) is 8.48. The van der Waals surface area contributed by atoms with Crippen molar-refractivity contribution in [3.63, 3.8) is 0 Å². The van der Waals surface area contributed by atoms with Crippen molar-refractivity contribution >= 4 is 0 Å². The van der Waals surface area contributed by atoms with E-state index in [4.69, 9.17) is 5.84 Å². The van der Waals surface area contributed by atoms with Crippen molar-refractivity contribution in [1.29, 1.82) is 0 Å². The smallest absolute Gasteiger partial charge is 0.0388 e. The SMILES string of the molecule is CC(C)CN1CC2CC(C1)N2N. The van der Waals surface area contributed by atoms with Crippen LogP contribution in [0.2, 0.25) is 0 Å². The number of nitrogens with two attached hydrogens (primary N) is 1. The molecule has 0 spiro atoms. The molecule has 2 atom stereocenters. The minimum atomic E-state index is 0.655. The Hall–Kier alpha value is -0.120. The molecule has 70 valence electrons. The van der Waals surface area contributed by atoms with E-state index in [9.17, 15) is 0 Å². The van der Waals surface area contributed by atoms with E-state index < -0.39 is 0 Å². The van der Waals surface area contributed by atoms with Gasteiger partial charge in [0.25, 0.3) is 0 Å². The van der Waals surface area contributed by atoms with Crippen LogP contribution in [0.5, 0.6) is 0 Å². The van der Waals surface area contributed by atoms with Gasteiger partial charge >= 0.3 is 0 Å². The van der Waals surface area contributed by atoms with Crippen LogP contribution < -0.4 is 5.84 Å². The van der Waals surface area contributed by atoms with Gasteiger partial charge in [0, 0.05) is 31.7 Å². The molecule has 2 N–H and O–H groups in total. The third-order valence-electron chi connectivity index (χ3n) is 2.95. The van der Waals surface area contributed by atoms with E-state index in [1.54, 1.807) is 0 Å². The van der Waals surface area contributed by atoms with Crippen LogP contribution in [0.4, 0.5) is 0 Å². The number of piperazine rings is 1. The van der Waals surface area contributed by atoms with Crippen molar-refractivity contribution in [2.45, 2.75) is 32.4 Å². The average molecular weight is 169 g/mol. The standard InChI is InChI=1S/C9H19N3/c1-7(2)4-11-5-8-3-9(6-11)12(8)10/h7-9H,3-6,10H2,1-2H3. The van der Waals surface area contributed by atoms with Crippen molar-refractivity contribution in [3.8, 4) is 0 Å². The molecule has 0 aromatic carbocycles. The maximum Gasteiger partial charge on any atom is 0.0388 e. The monoisotopic (exact) mass is 169 g/mol. The lowest BCUT2D eigenvalue weighted by atomic mass is 9.89. The molecule has 3 fully saturated rings. The summed E-state index contributed by atoms with van der Waals surface area (Å²) in [6, 6.07) is 1.31. The first-order valence-corrected chi connectivity index (χ1v) is 4.92. The van der Waals surface area contributed by atoms with Gasteiger partial charge in [-0.05, 0) is 12.3 Å². The normalized spacial score (nSPS) is 37.0. The second-order valence-corrected chi connectivity index (χ2v) is 4.60. The molecule has 2 bridgehead atoms. The Bertz CT molecular complexity index is 157. The largest absolute Gasteiger partial charge is 0.300 e. The van der Waals surface area contributed by atoms with Gasteiger partial charge in [-0.2, -0.15) is 0 Å². The molecular weight excluding hydrogens is 150 g/mol. The van der Waals surface area contributed by atoms with Gasteiger partial charge in [0.1, 0.15) is 0 Å². The Kier molecular flexibility index (Phi) is 2.10. The highest BCUT2D eigenvalue weighted by atomic mass is 15.5. The molecule has 3 heteroatoms.